The van der Waals surface area contributed by atoms with Gasteiger partial charge in [0.15, 0.2) is 0 Å². The monoisotopic (exact) mass is 585 g/mol. The van der Waals surface area contributed by atoms with Gasteiger partial charge in [-0.25, -0.2) is 0 Å². The van der Waals surface area contributed by atoms with Gasteiger partial charge in [-0.2, -0.15) is 0 Å². The molecule has 10 heteroatoms. The van der Waals surface area contributed by atoms with Gasteiger partial charge in [0.2, 0.25) is 5.91 Å². The van der Waals surface area contributed by atoms with E-state index in [-0.39, 0.29) is 25.0 Å². The topological polar surface area (TPSA) is 157 Å². The maximum absolute atomic E-state index is 12.2. The standard InChI is InChI=1S/C32H50N4O6/c1-22(2)26(35-30(40)21-37)18-34-25(16-23-12-8-6-9-13-23)28(38)19-33-20-29(39)27(17-24-14-10-7-11-15-24)36(31(41)42)32(3,4)5/h6-15,22,25-29,33-34,37-39H,16-21H2,1-5H3,(H,35,40)(H,41,42)/p-1/t25-,26+,27-,28+,29+/m0/s1. The second-order valence-corrected chi connectivity index (χ2v) is 12.1. The largest absolute Gasteiger partial charge is 0.530 e. The zero-order chi connectivity index (χ0) is 31.3. The Balaban J connectivity index is 2.13. The molecule has 0 saturated carbocycles. The van der Waals surface area contributed by atoms with Crippen LogP contribution in [-0.4, -0.2) is 94.3 Å². The molecule has 2 aromatic rings. The molecule has 0 spiro atoms. The van der Waals surface area contributed by atoms with Crippen LogP contribution in [0.15, 0.2) is 60.7 Å². The summed E-state index contributed by atoms with van der Waals surface area (Å²) in [6.45, 7) is 9.19. The summed E-state index contributed by atoms with van der Waals surface area (Å²) in [4.78, 5) is 25.2. The first kappa shape index (κ1) is 35.2. The van der Waals surface area contributed by atoms with Gasteiger partial charge in [0.1, 0.15) is 12.7 Å². The first-order valence-electron chi connectivity index (χ1n) is 14.6. The second-order valence-electron chi connectivity index (χ2n) is 12.1. The average Bonchev–Trinajstić information content (AvgIpc) is 2.93. The molecular formula is C32H49N4O6-. The molecule has 0 heterocycles. The number of carbonyl (C=O) groups is 2. The summed E-state index contributed by atoms with van der Waals surface area (Å²) in [6, 6.07) is 17.7. The molecule has 0 saturated heterocycles. The van der Waals surface area contributed by atoms with Crippen molar-refractivity contribution in [3.8, 4) is 0 Å². The second kappa shape index (κ2) is 17.2. The molecule has 6 N–H and O–H groups in total. The van der Waals surface area contributed by atoms with Gasteiger partial charge in [0.25, 0.3) is 0 Å². The first-order chi connectivity index (χ1) is 19.8. The van der Waals surface area contributed by atoms with Crippen LogP contribution in [0.4, 0.5) is 4.79 Å². The molecule has 0 bridgehead atoms. The summed E-state index contributed by atoms with van der Waals surface area (Å²) in [5.74, 6) is -0.371. The van der Waals surface area contributed by atoms with Crippen LogP contribution in [-0.2, 0) is 17.6 Å². The lowest BCUT2D eigenvalue weighted by Gasteiger charge is -2.45. The fourth-order valence-electron chi connectivity index (χ4n) is 5.02. The normalized spacial score (nSPS) is 15.5. The average molecular weight is 586 g/mol. The van der Waals surface area contributed by atoms with Gasteiger partial charge in [-0.15, -0.1) is 0 Å². The third-order valence-electron chi connectivity index (χ3n) is 7.35. The Morgan fingerprint density at radius 3 is 1.83 bits per heavy atom. The van der Waals surface area contributed by atoms with Gasteiger partial charge in [-0.3, -0.25) is 4.79 Å². The molecule has 0 unspecified atom stereocenters. The minimum Gasteiger partial charge on any atom is -0.530 e. The molecule has 0 fully saturated rings. The number of nitrogens with zero attached hydrogens (tertiary/aromatic N) is 1. The number of amides is 2. The summed E-state index contributed by atoms with van der Waals surface area (Å²) in [6.07, 6.45) is -2.49. The Morgan fingerprint density at radius 1 is 0.833 bits per heavy atom. The van der Waals surface area contributed by atoms with Crippen molar-refractivity contribution in [2.75, 3.05) is 26.2 Å². The van der Waals surface area contributed by atoms with Crippen LogP contribution in [0.5, 0.6) is 0 Å². The molecule has 42 heavy (non-hydrogen) atoms. The highest BCUT2D eigenvalue weighted by atomic mass is 16.4. The summed E-state index contributed by atoms with van der Waals surface area (Å²) in [7, 11) is 0. The number of carboxylic acid groups (broad SMARTS) is 1. The van der Waals surface area contributed by atoms with Crippen molar-refractivity contribution in [3.63, 3.8) is 0 Å². The lowest BCUT2D eigenvalue weighted by atomic mass is 9.94. The molecule has 234 valence electrons. The van der Waals surface area contributed by atoms with Crippen molar-refractivity contribution in [2.24, 2.45) is 5.92 Å². The van der Waals surface area contributed by atoms with Gasteiger partial charge in [0.05, 0.1) is 18.2 Å². The fourth-order valence-corrected chi connectivity index (χ4v) is 5.02. The van der Waals surface area contributed by atoms with E-state index in [1.807, 2.05) is 74.5 Å². The lowest BCUT2D eigenvalue weighted by Crippen LogP contribution is -2.62. The number of nitrogens with one attached hydrogen (secondary N) is 3. The number of aliphatic hydroxyl groups is 3. The van der Waals surface area contributed by atoms with E-state index >= 15 is 0 Å². The Morgan fingerprint density at radius 2 is 1.36 bits per heavy atom. The number of hydrogen-bond acceptors (Lipinski definition) is 8. The Bertz CT molecular complexity index is 1060. The van der Waals surface area contributed by atoms with E-state index in [1.165, 1.54) is 4.90 Å². The molecular weight excluding hydrogens is 536 g/mol. The Kier molecular flexibility index (Phi) is 14.4. The van der Waals surface area contributed by atoms with Crippen LogP contribution < -0.4 is 21.1 Å². The smallest absolute Gasteiger partial charge is 0.245 e. The molecule has 2 rings (SSSR count). The quantitative estimate of drug-likeness (QED) is 0.158. The minimum absolute atomic E-state index is 0.0493. The predicted octanol–water partition coefficient (Wildman–Crippen LogP) is 0.687. The molecule has 0 aliphatic rings. The zero-order valence-corrected chi connectivity index (χ0v) is 25.5. The first-order valence-corrected chi connectivity index (χ1v) is 14.6. The fraction of sp³-hybridized carbons (Fsp3) is 0.562. The third kappa shape index (κ3) is 11.7. The van der Waals surface area contributed by atoms with E-state index in [9.17, 15) is 24.9 Å². The summed E-state index contributed by atoms with van der Waals surface area (Å²) in [5.41, 5.74) is 1.10. The molecule has 5 atom stereocenters. The van der Waals surface area contributed by atoms with E-state index in [2.05, 4.69) is 16.0 Å². The maximum Gasteiger partial charge on any atom is 0.245 e. The van der Waals surface area contributed by atoms with E-state index in [0.29, 0.717) is 19.4 Å². The van der Waals surface area contributed by atoms with Gasteiger partial charge >= 0.3 is 0 Å². The van der Waals surface area contributed by atoms with Crippen molar-refractivity contribution in [1.82, 2.24) is 20.9 Å². The van der Waals surface area contributed by atoms with Crippen molar-refractivity contribution in [1.29, 1.82) is 0 Å². The van der Waals surface area contributed by atoms with Crippen molar-refractivity contribution in [3.05, 3.63) is 71.8 Å². The highest BCUT2D eigenvalue weighted by Crippen LogP contribution is 2.22. The molecule has 0 aliphatic heterocycles. The number of rotatable bonds is 17. The zero-order valence-electron chi connectivity index (χ0n) is 25.5. The SMILES string of the molecule is CC(C)[C@@H](CN[C@@H](Cc1ccccc1)[C@H](O)CNC[C@@H](O)[C@H](Cc1ccccc1)N(C(=O)[O-])C(C)(C)C)NC(=O)CO. The lowest BCUT2D eigenvalue weighted by molar-refractivity contribution is -0.275. The van der Waals surface area contributed by atoms with Crippen LogP contribution in [0.1, 0.15) is 45.7 Å². The molecule has 0 radical (unpaired) electrons. The molecule has 2 amide bonds. The van der Waals surface area contributed by atoms with E-state index < -0.39 is 48.4 Å². The summed E-state index contributed by atoms with van der Waals surface area (Å²) in [5, 5.41) is 53.1. The van der Waals surface area contributed by atoms with E-state index in [4.69, 9.17) is 5.11 Å². The van der Waals surface area contributed by atoms with Crippen LogP contribution >= 0.6 is 0 Å². The minimum atomic E-state index is -1.36. The van der Waals surface area contributed by atoms with Gasteiger partial charge in [-0.1, -0.05) is 74.5 Å². The van der Waals surface area contributed by atoms with Crippen LogP contribution in [0.2, 0.25) is 0 Å². The van der Waals surface area contributed by atoms with E-state index in [1.54, 1.807) is 20.8 Å². The summed E-state index contributed by atoms with van der Waals surface area (Å²) < 4.78 is 0. The Hall–Kier alpha value is -3.02. The van der Waals surface area contributed by atoms with Gasteiger partial charge in [0, 0.05) is 37.3 Å². The molecule has 10 nitrogen and oxygen atoms in total. The van der Waals surface area contributed by atoms with Crippen LogP contribution in [0, 0.1) is 5.92 Å². The summed E-state index contributed by atoms with van der Waals surface area (Å²) >= 11 is 0. The molecule has 2 aromatic carbocycles. The number of aliphatic hydroxyl groups excluding tert-OH is 3. The Labute approximate surface area is 250 Å². The highest BCUT2D eigenvalue weighted by molar-refractivity contribution is 5.77. The van der Waals surface area contributed by atoms with Crippen LogP contribution in [0.25, 0.3) is 0 Å². The molecule has 0 aliphatic carbocycles. The third-order valence-corrected chi connectivity index (χ3v) is 7.35. The number of carbonyl (C=O) groups excluding carboxylic acids is 2. The van der Waals surface area contributed by atoms with Gasteiger partial charge in [-0.05, 0) is 50.7 Å². The maximum atomic E-state index is 12.2. The van der Waals surface area contributed by atoms with Crippen molar-refractivity contribution < 1.29 is 30.0 Å². The van der Waals surface area contributed by atoms with Crippen molar-refractivity contribution in [2.45, 2.75) is 83.3 Å². The highest BCUT2D eigenvalue weighted by Gasteiger charge is 2.34. The molecule has 0 aromatic heterocycles. The van der Waals surface area contributed by atoms with Gasteiger partial charge < -0.3 is 46.1 Å². The number of hydrogen-bond donors (Lipinski definition) is 6. The van der Waals surface area contributed by atoms with E-state index in [0.717, 1.165) is 11.1 Å². The predicted molar refractivity (Wildman–Crippen MR) is 162 cm³/mol. The van der Waals surface area contributed by atoms with Crippen molar-refractivity contribution >= 4 is 12.0 Å². The number of benzene rings is 2. The van der Waals surface area contributed by atoms with Crippen LogP contribution in [0.3, 0.4) is 0 Å².